The predicted molar refractivity (Wildman–Crippen MR) is 62.8 cm³/mol. The van der Waals surface area contributed by atoms with Gasteiger partial charge in [0.15, 0.2) is 0 Å². The molecule has 0 atom stereocenters. The summed E-state index contributed by atoms with van der Waals surface area (Å²) in [5.41, 5.74) is -0.524. The first-order chi connectivity index (χ1) is 7.79. The predicted octanol–water partition coefficient (Wildman–Crippen LogP) is 3.13. The number of anilines is 1. The van der Waals surface area contributed by atoms with Gasteiger partial charge in [0.25, 0.3) is 0 Å². The van der Waals surface area contributed by atoms with Crippen LogP contribution in [0, 0.1) is 17.0 Å². The quantitative estimate of drug-likeness (QED) is 0.821. The monoisotopic (exact) mass is 242 g/mol. The topological polar surface area (TPSA) is 41.1 Å². The lowest BCUT2D eigenvalue weighted by Crippen LogP contribution is -2.35. The minimum Gasteiger partial charge on any atom is -0.337 e. The molecule has 3 nitrogen and oxygen atoms in total. The second-order valence-electron chi connectivity index (χ2n) is 4.96. The molecule has 1 aromatic rings. The summed E-state index contributed by atoms with van der Waals surface area (Å²) >= 11 is 0. The van der Waals surface area contributed by atoms with E-state index in [0.29, 0.717) is 6.54 Å². The third-order valence-electron chi connectivity index (χ3n) is 1.98. The molecule has 94 valence electrons. The number of rotatable bonds is 2. The van der Waals surface area contributed by atoms with Crippen LogP contribution < -0.4 is 10.6 Å². The third-order valence-corrected chi connectivity index (χ3v) is 1.98. The molecule has 0 aliphatic carbocycles. The minimum absolute atomic E-state index is 0.0921. The molecule has 0 heterocycles. The van der Waals surface area contributed by atoms with Crippen molar-refractivity contribution in [3.8, 4) is 0 Å². The van der Waals surface area contributed by atoms with Crippen LogP contribution in [-0.4, -0.2) is 12.6 Å². The first-order valence-corrected chi connectivity index (χ1v) is 5.28. The maximum absolute atomic E-state index is 13.2. The Balaban J connectivity index is 2.63. The van der Waals surface area contributed by atoms with Gasteiger partial charge in [0.05, 0.1) is 0 Å². The Kier molecular flexibility index (Phi) is 4.04. The molecule has 0 saturated carbocycles. The smallest absolute Gasteiger partial charge is 0.319 e. The second kappa shape index (κ2) is 5.12. The van der Waals surface area contributed by atoms with Crippen LogP contribution in [0.15, 0.2) is 18.2 Å². The van der Waals surface area contributed by atoms with E-state index >= 15 is 0 Å². The molecule has 0 fully saturated rings. The summed E-state index contributed by atoms with van der Waals surface area (Å²) in [4.78, 5) is 11.4. The van der Waals surface area contributed by atoms with Crippen molar-refractivity contribution >= 4 is 11.7 Å². The summed E-state index contributed by atoms with van der Waals surface area (Å²) < 4.78 is 26.4. The number of hydrogen-bond acceptors (Lipinski definition) is 1. The highest BCUT2D eigenvalue weighted by atomic mass is 19.1. The largest absolute Gasteiger partial charge is 0.337 e. The molecule has 0 bridgehead atoms. The highest BCUT2D eigenvalue weighted by Gasteiger charge is 2.14. The molecule has 1 rings (SSSR count). The van der Waals surface area contributed by atoms with E-state index in [1.807, 2.05) is 20.8 Å². The lowest BCUT2D eigenvalue weighted by atomic mass is 9.97. The number of hydrogen-bond donors (Lipinski definition) is 2. The average molecular weight is 242 g/mol. The van der Waals surface area contributed by atoms with E-state index in [1.54, 1.807) is 0 Å². The minimum atomic E-state index is -0.795. The Bertz CT molecular complexity index is 393. The zero-order chi connectivity index (χ0) is 13.1. The number of amides is 2. The zero-order valence-corrected chi connectivity index (χ0v) is 10.1. The fourth-order valence-corrected chi connectivity index (χ4v) is 1.12. The number of carbonyl (C=O) groups excluding carboxylic acids is 1. The van der Waals surface area contributed by atoms with Crippen LogP contribution in [0.1, 0.15) is 20.8 Å². The number of para-hydroxylation sites is 1. The van der Waals surface area contributed by atoms with Gasteiger partial charge in [-0.3, -0.25) is 0 Å². The van der Waals surface area contributed by atoms with E-state index in [1.165, 1.54) is 6.07 Å². The third kappa shape index (κ3) is 4.38. The van der Waals surface area contributed by atoms with Gasteiger partial charge in [-0.1, -0.05) is 26.8 Å². The molecule has 5 heteroatoms. The van der Waals surface area contributed by atoms with Gasteiger partial charge in [0.1, 0.15) is 17.3 Å². The van der Waals surface area contributed by atoms with Gasteiger partial charge in [-0.05, 0) is 17.5 Å². The van der Waals surface area contributed by atoms with Crippen LogP contribution in [-0.2, 0) is 0 Å². The summed E-state index contributed by atoms with van der Waals surface area (Å²) in [6.45, 7) is 6.24. The van der Waals surface area contributed by atoms with Crippen molar-refractivity contribution in [2.24, 2.45) is 5.41 Å². The maximum Gasteiger partial charge on any atom is 0.319 e. The van der Waals surface area contributed by atoms with E-state index in [-0.39, 0.29) is 5.41 Å². The first-order valence-electron chi connectivity index (χ1n) is 5.28. The number of benzene rings is 1. The summed E-state index contributed by atoms with van der Waals surface area (Å²) in [5, 5.41) is 4.69. The van der Waals surface area contributed by atoms with Crippen molar-refractivity contribution in [1.82, 2.24) is 5.32 Å². The molecular formula is C12H16F2N2O. The zero-order valence-electron chi connectivity index (χ0n) is 10.1. The summed E-state index contributed by atoms with van der Waals surface area (Å²) in [5.74, 6) is -1.59. The van der Waals surface area contributed by atoms with Gasteiger partial charge >= 0.3 is 6.03 Å². The van der Waals surface area contributed by atoms with Gasteiger partial charge < -0.3 is 10.6 Å². The van der Waals surface area contributed by atoms with Crippen molar-refractivity contribution in [3.63, 3.8) is 0 Å². The van der Waals surface area contributed by atoms with Crippen LogP contribution >= 0.6 is 0 Å². The number of nitrogens with one attached hydrogen (secondary N) is 2. The van der Waals surface area contributed by atoms with Crippen molar-refractivity contribution in [2.45, 2.75) is 20.8 Å². The molecule has 2 N–H and O–H groups in total. The van der Waals surface area contributed by atoms with Crippen molar-refractivity contribution in [2.75, 3.05) is 11.9 Å². The fourth-order valence-electron chi connectivity index (χ4n) is 1.12. The van der Waals surface area contributed by atoms with Crippen LogP contribution in [0.25, 0.3) is 0 Å². The molecular weight excluding hydrogens is 226 g/mol. The molecule has 0 spiro atoms. The number of urea groups is 1. The van der Waals surface area contributed by atoms with Crippen molar-refractivity contribution in [1.29, 1.82) is 0 Å². The van der Waals surface area contributed by atoms with Crippen LogP contribution in [0.5, 0.6) is 0 Å². The molecule has 17 heavy (non-hydrogen) atoms. The van der Waals surface area contributed by atoms with Crippen molar-refractivity contribution in [3.05, 3.63) is 29.8 Å². The van der Waals surface area contributed by atoms with E-state index in [9.17, 15) is 13.6 Å². The second-order valence-corrected chi connectivity index (χ2v) is 4.96. The molecule has 0 unspecified atom stereocenters. The van der Waals surface area contributed by atoms with E-state index in [2.05, 4.69) is 10.6 Å². The normalized spacial score (nSPS) is 11.1. The van der Waals surface area contributed by atoms with Gasteiger partial charge in [-0.15, -0.1) is 0 Å². The lowest BCUT2D eigenvalue weighted by molar-refractivity contribution is 0.246. The highest BCUT2D eigenvalue weighted by Crippen LogP contribution is 2.17. The molecule has 0 aliphatic rings. The molecule has 0 saturated heterocycles. The van der Waals surface area contributed by atoms with E-state index < -0.39 is 23.4 Å². The van der Waals surface area contributed by atoms with Gasteiger partial charge in [-0.25, -0.2) is 13.6 Å². The number of carbonyl (C=O) groups is 1. The summed E-state index contributed by atoms with van der Waals surface area (Å²) in [6, 6.07) is 2.79. The van der Waals surface area contributed by atoms with E-state index in [0.717, 1.165) is 12.1 Å². The Labute approximate surface area is 99.2 Å². The van der Waals surface area contributed by atoms with Gasteiger partial charge in [0.2, 0.25) is 0 Å². The van der Waals surface area contributed by atoms with Crippen LogP contribution in [0.3, 0.4) is 0 Å². The Morgan fingerprint density at radius 2 is 1.76 bits per heavy atom. The Morgan fingerprint density at radius 3 is 2.24 bits per heavy atom. The standard InChI is InChI=1S/C12H16F2N2O/c1-12(2,3)7-15-11(17)16-10-8(13)5-4-6-9(10)14/h4-6H,7H2,1-3H3,(H2,15,16,17). The molecule has 0 radical (unpaired) electrons. The van der Waals surface area contributed by atoms with Crippen molar-refractivity contribution < 1.29 is 13.6 Å². The van der Waals surface area contributed by atoms with Crippen LogP contribution in [0.2, 0.25) is 0 Å². The average Bonchev–Trinajstić information content (AvgIpc) is 2.20. The SMILES string of the molecule is CC(C)(C)CNC(=O)Nc1c(F)cccc1F. The van der Waals surface area contributed by atoms with Crippen LogP contribution in [0.4, 0.5) is 19.3 Å². The highest BCUT2D eigenvalue weighted by molar-refractivity contribution is 5.89. The molecule has 0 aromatic heterocycles. The fraction of sp³-hybridized carbons (Fsp3) is 0.417. The lowest BCUT2D eigenvalue weighted by Gasteiger charge is -2.19. The molecule has 2 amide bonds. The maximum atomic E-state index is 13.2. The summed E-state index contributed by atoms with van der Waals surface area (Å²) in [7, 11) is 0. The molecule has 0 aliphatic heterocycles. The Hall–Kier alpha value is -1.65. The molecule has 1 aromatic carbocycles. The number of halogens is 2. The first kappa shape index (κ1) is 13.4. The van der Waals surface area contributed by atoms with Gasteiger partial charge in [0, 0.05) is 6.54 Å². The summed E-state index contributed by atoms with van der Waals surface area (Å²) in [6.07, 6.45) is 0. The Morgan fingerprint density at radius 1 is 1.24 bits per heavy atom. The van der Waals surface area contributed by atoms with E-state index in [4.69, 9.17) is 0 Å². The van der Waals surface area contributed by atoms with Gasteiger partial charge in [-0.2, -0.15) is 0 Å².